The first kappa shape index (κ1) is 24.3. The lowest BCUT2D eigenvalue weighted by atomic mass is 9.94. The highest BCUT2D eigenvalue weighted by Crippen LogP contribution is 2.18. The quantitative estimate of drug-likeness (QED) is 0.614. The Morgan fingerprint density at radius 2 is 1.52 bits per heavy atom. The topological polar surface area (TPSA) is 76.7 Å². The molecule has 2 aromatic rings. The van der Waals surface area contributed by atoms with Gasteiger partial charge >= 0.3 is 6.09 Å². The van der Waals surface area contributed by atoms with E-state index >= 15 is 0 Å². The molecule has 6 heteroatoms. The third kappa shape index (κ3) is 10.0. The average molecular weight is 427 g/mol. The van der Waals surface area contributed by atoms with E-state index in [-0.39, 0.29) is 18.9 Å². The largest absolute Gasteiger partial charge is 0.489 e. The van der Waals surface area contributed by atoms with Crippen LogP contribution in [0.15, 0.2) is 54.6 Å². The van der Waals surface area contributed by atoms with Crippen molar-refractivity contribution in [3.05, 3.63) is 65.7 Å². The molecule has 168 valence electrons. The standard InChI is InChI=1S/C25H34N2O4/c1-24(2,3)31-23(29)26-16-15-22(28)27-25(4,5)17-19-11-13-21(14-12-19)30-18-20-9-7-6-8-10-20/h6-14H,15-18H2,1-5H3,(H,26,29)(H,27,28). The Balaban J connectivity index is 1.75. The molecule has 0 saturated carbocycles. The number of hydrogen-bond donors (Lipinski definition) is 2. The molecule has 31 heavy (non-hydrogen) atoms. The Morgan fingerprint density at radius 3 is 2.13 bits per heavy atom. The van der Waals surface area contributed by atoms with Gasteiger partial charge in [0.05, 0.1) is 0 Å². The number of nitrogens with one attached hydrogen (secondary N) is 2. The molecule has 0 atom stereocenters. The van der Waals surface area contributed by atoms with Crippen LogP contribution in [-0.4, -0.2) is 29.7 Å². The summed E-state index contributed by atoms with van der Waals surface area (Å²) < 4.78 is 11.0. The van der Waals surface area contributed by atoms with Gasteiger partial charge in [-0.05, 0) is 64.3 Å². The lowest BCUT2D eigenvalue weighted by molar-refractivity contribution is -0.122. The third-order valence-electron chi connectivity index (χ3n) is 4.32. The van der Waals surface area contributed by atoms with Crippen molar-refractivity contribution in [2.45, 2.75) is 65.2 Å². The molecule has 0 spiro atoms. The molecule has 0 aliphatic carbocycles. The first-order chi connectivity index (χ1) is 14.5. The molecular weight excluding hydrogens is 392 g/mol. The minimum absolute atomic E-state index is 0.121. The maximum Gasteiger partial charge on any atom is 0.407 e. The second kappa shape index (κ2) is 10.8. The molecule has 0 aliphatic heterocycles. The van der Waals surface area contributed by atoms with Crippen LogP contribution in [0.5, 0.6) is 5.75 Å². The normalized spacial score (nSPS) is 11.5. The van der Waals surface area contributed by atoms with Crippen molar-refractivity contribution in [2.75, 3.05) is 6.54 Å². The Labute approximate surface area is 185 Å². The molecule has 0 fully saturated rings. The highest BCUT2D eigenvalue weighted by Gasteiger charge is 2.21. The summed E-state index contributed by atoms with van der Waals surface area (Å²) in [5, 5.41) is 5.63. The molecule has 0 unspecified atom stereocenters. The van der Waals surface area contributed by atoms with Crippen molar-refractivity contribution in [3.8, 4) is 5.75 Å². The first-order valence-electron chi connectivity index (χ1n) is 10.6. The molecule has 0 radical (unpaired) electrons. The van der Waals surface area contributed by atoms with Crippen LogP contribution in [0.1, 0.15) is 52.2 Å². The Kier molecular flexibility index (Phi) is 8.48. The van der Waals surface area contributed by atoms with Gasteiger partial charge < -0.3 is 20.1 Å². The summed E-state index contributed by atoms with van der Waals surface area (Å²) in [7, 11) is 0. The van der Waals surface area contributed by atoms with E-state index in [4.69, 9.17) is 9.47 Å². The molecule has 0 bridgehead atoms. The Morgan fingerprint density at radius 1 is 0.871 bits per heavy atom. The van der Waals surface area contributed by atoms with Gasteiger partial charge in [-0.2, -0.15) is 0 Å². The van der Waals surface area contributed by atoms with E-state index in [1.807, 2.05) is 68.4 Å². The summed E-state index contributed by atoms with van der Waals surface area (Å²) in [4.78, 5) is 23.9. The van der Waals surface area contributed by atoms with Gasteiger partial charge in [-0.3, -0.25) is 4.79 Å². The van der Waals surface area contributed by atoms with Crippen LogP contribution in [0.2, 0.25) is 0 Å². The lowest BCUT2D eigenvalue weighted by Gasteiger charge is -2.27. The summed E-state index contributed by atoms with van der Waals surface area (Å²) in [5.41, 5.74) is 1.24. The predicted octanol–water partition coefficient (Wildman–Crippen LogP) is 4.62. The van der Waals surface area contributed by atoms with Gasteiger partial charge in [-0.1, -0.05) is 42.5 Å². The van der Waals surface area contributed by atoms with Gasteiger partial charge in [0.2, 0.25) is 5.91 Å². The van der Waals surface area contributed by atoms with Crippen LogP contribution in [0.4, 0.5) is 4.79 Å². The molecule has 2 N–H and O–H groups in total. The Bertz CT molecular complexity index is 840. The predicted molar refractivity (Wildman–Crippen MR) is 122 cm³/mol. The van der Waals surface area contributed by atoms with Crippen molar-refractivity contribution in [1.82, 2.24) is 10.6 Å². The van der Waals surface area contributed by atoms with Crippen LogP contribution in [0, 0.1) is 0 Å². The van der Waals surface area contributed by atoms with Crippen molar-refractivity contribution in [3.63, 3.8) is 0 Å². The molecule has 6 nitrogen and oxygen atoms in total. The fourth-order valence-corrected chi connectivity index (χ4v) is 3.03. The van der Waals surface area contributed by atoms with Gasteiger partial charge in [-0.25, -0.2) is 4.79 Å². The highest BCUT2D eigenvalue weighted by molar-refractivity contribution is 5.77. The maximum absolute atomic E-state index is 12.3. The minimum Gasteiger partial charge on any atom is -0.489 e. The second-order valence-electron chi connectivity index (χ2n) is 9.21. The number of carbonyl (C=O) groups excluding carboxylic acids is 2. The van der Waals surface area contributed by atoms with E-state index in [9.17, 15) is 9.59 Å². The lowest BCUT2D eigenvalue weighted by Crippen LogP contribution is -2.46. The first-order valence-corrected chi connectivity index (χ1v) is 10.6. The van der Waals surface area contributed by atoms with Crippen molar-refractivity contribution in [1.29, 1.82) is 0 Å². The van der Waals surface area contributed by atoms with Crippen molar-refractivity contribution >= 4 is 12.0 Å². The van der Waals surface area contributed by atoms with E-state index < -0.39 is 17.2 Å². The molecule has 2 aromatic carbocycles. The monoisotopic (exact) mass is 426 g/mol. The van der Waals surface area contributed by atoms with E-state index in [2.05, 4.69) is 10.6 Å². The van der Waals surface area contributed by atoms with E-state index in [1.165, 1.54) is 0 Å². The van der Waals surface area contributed by atoms with E-state index in [1.54, 1.807) is 20.8 Å². The third-order valence-corrected chi connectivity index (χ3v) is 4.32. The molecule has 0 aliphatic rings. The number of rotatable bonds is 9. The summed E-state index contributed by atoms with van der Waals surface area (Å²) in [6.07, 6.45) is 0.348. The number of ether oxygens (including phenoxy) is 2. The zero-order valence-corrected chi connectivity index (χ0v) is 19.2. The number of alkyl carbamates (subject to hydrolysis) is 1. The summed E-state index contributed by atoms with van der Waals surface area (Å²) >= 11 is 0. The van der Waals surface area contributed by atoms with Gasteiger partial charge in [0.1, 0.15) is 18.0 Å². The SMILES string of the molecule is CC(C)(Cc1ccc(OCc2ccccc2)cc1)NC(=O)CCNC(=O)OC(C)(C)C. The molecule has 0 aromatic heterocycles. The molecular formula is C25H34N2O4. The van der Waals surface area contributed by atoms with Crippen LogP contribution in [0.25, 0.3) is 0 Å². The molecule has 0 saturated heterocycles. The van der Waals surface area contributed by atoms with Gasteiger partial charge in [0.25, 0.3) is 0 Å². The Hall–Kier alpha value is -3.02. The zero-order valence-electron chi connectivity index (χ0n) is 19.2. The highest BCUT2D eigenvalue weighted by atomic mass is 16.6. The molecule has 0 heterocycles. The average Bonchev–Trinajstić information content (AvgIpc) is 2.66. The number of hydrogen-bond acceptors (Lipinski definition) is 4. The fourth-order valence-electron chi connectivity index (χ4n) is 3.03. The summed E-state index contributed by atoms with van der Waals surface area (Å²) in [6, 6.07) is 17.9. The molecule has 2 amide bonds. The van der Waals surface area contributed by atoms with Gasteiger partial charge in [-0.15, -0.1) is 0 Å². The molecule has 2 rings (SSSR count). The van der Waals surface area contributed by atoms with E-state index in [0.717, 1.165) is 16.9 Å². The maximum atomic E-state index is 12.3. The van der Waals surface area contributed by atoms with E-state index in [0.29, 0.717) is 13.0 Å². The number of amides is 2. The van der Waals surface area contributed by atoms with Crippen LogP contribution in [-0.2, 0) is 22.6 Å². The zero-order chi connectivity index (χ0) is 22.9. The van der Waals surface area contributed by atoms with Gasteiger partial charge in [0.15, 0.2) is 0 Å². The van der Waals surface area contributed by atoms with Crippen molar-refractivity contribution < 1.29 is 19.1 Å². The van der Waals surface area contributed by atoms with Gasteiger partial charge in [0, 0.05) is 18.5 Å². The summed E-state index contributed by atoms with van der Waals surface area (Å²) in [6.45, 7) is 10.1. The fraction of sp³-hybridized carbons (Fsp3) is 0.440. The van der Waals surface area contributed by atoms with Crippen molar-refractivity contribution in [2.24, 2.45) is 0 Å². The minimum atomic E-state index is -0.559. The van der Waals surface area contributed by atoms with Crippen LogP contribution in [0.3, 0.4) is 0 Å². The second-order valence-corrected chi connectivity index (χ2v) is 9.21. The number of benzene rings is 2. The number of carbonyl (C=O) groups is 2. The summed E-state index contributed by atoms with van der Waals surface area (Å²) in [5.74, 6) is 0.687. The van der Waals surface area contributed by atoms with Crippen LogP contribution < -0.4 is 15.4 Å². The van der Waals surface area contributed by atoms with Crippen LogP contribution >= 0.6 is 0 Å². The smallest absolute Gasteiger partial charge is 0.407 e.